The second kappa shape index (κ2) is 16.7. The van der Waals surface area contributed by atoms with Gasteiger partial charge in [0.15, 0.2) is 5.78 Å². The van der Waals surface area contributed by atoms with E-state index in [4.69, 9.17) is 5.73 Å². The van der Waals surface area contributed by atoms with Gasteiger partial charge in [-0.1, -0.05) is 0 Å². The maximum Gasteiger partial charge on any atom is 0.303 e. The van der Waals surface area contributed by atoms with Gasteiger partial charge in [0.05, 0.1) is 42.0 Å². The van der Waals surface area contributed by atoms with Crippen LogP contribution in [0.4, 0.5) is 0 Å². The second-order valence-corrected chi connectivity index (χ2v) is 14.4. The highest BCUT2D eigenvalue weighted by atomic mass is 16.4. The van der Waals surface area contributed by atoms with Gasteiger partial charge in [0.1, 0.15) is 12.1 Å². The van der Waals surface area contributed by atoms with E-state index in [1.807, 2.05) is 19.9 Å². The van der Waals surface area contributed by atoms with Gasteiger partial charge in [-0.25, -0.2) is 0 Å². The summed E-state index contributed by atoms with van der Waals surface area (Å²) in [5, 5.41) is 65.9. The number of ketones is 1. The Balaban J connectivity index is 2.01. The lowest BCUT2D eigenvalue weighted by Crippen LogP contribution is -2.52. The van der Waals surface area contributed by atoms with Gasteiger partial charge < -0.3 is 61.6 Å². The number of hydrogen-bond donors (Lipinski definition) is 12. The topological polar surface area (TPSA) is 291 Å². The van der Waals surface area contributed by atoms with Crippen LogP contribution in [0.15, 0.2) is 0 Å². The van der Waals surface area contributed by atoms with Crippen molar-refractivity contribution >= 4 is 47.4 Å². The Hall–Kier alpha value is -5.52. The van der Waals surface area contributed by atoms with E-state index in [0.29, 0.717) is 60.9 Å². The summed E-state index contributed by atoms with van der Waals surface area (Å²) in [7, 11) is 0. The molecule has 4 aromatic rings. The fourth-order valence-corrected chi connectivity index (χ4v) is 7.56. The first-order chi connectivity index (χ1) is 26.4. The van der Waals surface area contributed by atoms with Crippen LogP contribution in [0.5, 0.6) is 0 Å². The predicted octanol–water partition coefficient (Wildman–Crippen LogP) is -1.26. The number of aromatic nitrogens is 4. The van der Waals surface area contributed by atoms with Crippen LogP contribution in [0.3, 0.4) is 0 Å². The van der Waals surface area contributed by atoms with Crippen LogP contribution < -0.4 is 32.4 Å². The molecule has 0 spiro atoms. The van der Waals surface area contributed by atoms with Crippen LogP contribution in [0.2, 0.25) is 0 Å². The zero-order valence-electron chi connectivity index (χ0n) is 32.2. The summed E-state index contributed by atoms with van der Waals surface area (Å²) in [4.78, 5) is 64.5. The molecule has 4 aromatic heterocycles. The fourth-order valence-electron chi connectivity index (χ4n) is 7.56. The van der Waals surface area contributed by atoms with Crippen LogP contribution in [-0.4, -0.2) is 99.5 Å². The highest BCUT2D eigenvalue weighted by Gasteiger charge is 2.32. The molecular formula is C40H50N6O10. The van der Waals surface area contributed by atoms with Crippen molar-refractivity contribution in [1.29, 1.82) is 0 Å². The number of amides is 1. The molecule has 1 amide bonds. The van der Waals surface area contributed by atoms with Gasteiger partial charge in [-0.3, -0.25) is 19.2 Å². The largest absolute Gasteiger partial charge is 0.481 e. The molecule has 0 saturated carbocycles. The van der Waals surface area contributed by atoms with Gasteiger partial charge in [0, 0.05) is 57.1 Å². The molecule has 1 aliphatic heterocycles. The van der Waals surface area contributed by atoms with E-state index in [1.54, 1.807) is 32.9 Å². The Morgan fingerprint density at radius 1 is 0.679 bits per heavy atom. The molecule has 16 heteroatoms. The molecule has 5 rings (SSSR count). The first kappa shape index (κ1) is 41.6. The Morgan fingerprint density at radius 3 is 1.82 bits per heavy atom. The number of H-pyrrole nitrogens is 4. The molecule has 2 unspecified atom stereocenters. The molecule has 13 N–H and O–H groups in total. The number of aliphatic hydroxyl groups is 4. The quantitative estimate of drug-likeness (QED) is 0.0718. The highest BCUT2D eigenvalue weighted by molar-refractivity contribution is 6.23. The number of nitrogens with one attached hydrogen (secondary N) is 5. The van der Waals surface area contributed by atoms with E-state index in [1.165, 1.54) is 6.92 Å². The summed E-state index contributed by atoms with van der Waals surface area (Å²) in [5.41, 5.74) is 12.2. The number of Topliss-reactive ketones (excluding diaryl/α,β-unsaturated/α-hetero) is 1. The number of rotatable bonds is 14. The van der Waals surface area contributed by atoms with Gasteiger partial charge in [-0.15, -0.1) is 0 Å². The normalized spacial score (nSPS) is 14.6. The number of aromatic amines is 4. The molecule has 16 nitrogen and oxygen atoms in total. The molecule has 0 fully saturated rings. The average molecular weight is 775 g/mol. The Labute approximate surface area is 321 Å². The number of fused-ring (bicyclic) bond motifs is 8. The number of carbonyl (C=O) groups is 4. The van der Waals surface area contributed by atoms with Gasteiger partial charge >= 0.3 is 11.9 Å². The molecule has 0 saturated heterocycles. The summed E-state index contributed by atoms with van der Waals surface area (Å²) >= 11 is 0. The van der Waals surface area contributed by atoms with Gasteiger partial charge in [-0.05, 0) is 106 Å². The SMILES string of the molecule is Cc1c2[nH]c(c1CCC(=O)O)C=c1[nH]c(c(C)c1CCC(=O)O)=Cc1[nH]c(c(C)c1C(C)O)C(C(=O)[C@H](CO)NC(=O)[C@@H](N)CO)=c1[nH]c(c(C)c1C(C)O)=C2. The number of hydrogen-bond acceptors (Lipinski definition) is 9. The molecule has 0 aromatic carbocycles. The average Bonchev–Trinajstić information content (AvgIpc) is 3.81. The van der Waals surface area contributed by atoms with Crippen LogP contribution >= 0.6 is 0 Å². The van der Waals surface area contributed by atoms with Crippen molar-refractivity contribution in [3.8, 4) is 0 Å². The zero-order valence-corrected chi connectivity index (χ0v) is 32.2. The lowest BCUT2D eigenvalue weighted by Gasteiger charge is -2.19. The van der Waals surface area contributed by atoms with Crippen molar-refractivity contribution in [3.05, 3.63) is 88.7 Å². The summed E-state index contributed by atoms with van der Waals surface area (Å²) in [6, 6.07) is -2.92. The lowest BCUT2D eigenvalue weighted by molar-refractivity contribution is -0.138. The third-order valence-electron chi connectivity index (χ3n) is 10.5. The monoisotopic (exact) mass is 774 g/mol. The minimum atomic E-state index is -1.55. The maximum absolute atomic E-state index is 14.8. The number of carboxylic acids is 2. The van der Waals surface area contributed by atoms with E-state index in [0.717, 1.165) is 16.7 Å². The van der Waals surface area contributed by atoms with Gasteiger partial charge in [0.2, 0.25) is 5.91 Å². The lowest BCUT2D eigenvalue weighted by atomic mass is 9.94. The van der Waals surface area contributed by atoms with Crippen molar-refractivity contribution in [2.24, 2.45) is 5.73 Å². The van der Waals surface area contributed by atoms with E-state index in [9.17, 15) is 49.8 Å². The van der Waals surface area contributed by atoms with E-state index in [2.05, 4.69) is 25.3 Å². The predicted molar refractivity (Wildman–Crippen MR) is 206 cm³/mol. The van der Waals surface area contributed by atoms with Crippen molar-refractivity contribution in [2.75, 3.05) is 13.2 Å². The second-order valence-electron chi connectivity index (χ2n) is 14.4. The van der Waals surface area contributed by atoms with E-state index in [-0.39, 0.29) is 42.3 Å². The van der Waals surface area contributed by atoms with Gasteiger partial charge in [-0.2, -0.15) is 0 Å². The molecular weight excluding hydrogens is 724 g/mol. The van der Waals surface area contributed by atoms with Crippen molar-refractivity contribution < 1.29 is 49.8 Å². The molecule has 300 valence electrons. The van der Waals surface area contributed by atoms with Crippen LogP contribution in [0.25, 0.3) is 23.8 Å². The highest BCUT2D eigenvalue weighted by Crippen LogP contribution is 2.31. The smallest absolute Gasteiger partial charge is 0.303 e. The van der Waals surface area contributed by atoms with Crippen molar-refractivity contribution in [2.45, 2.75) is 91.5 Å². The van der Waals surface area contributed by atoms with E-state index < -0.39 is 61.1 Å². The standard InChI is InChI=1S/C40H50N6O10/c1-16-22(7-9-32(51)52)28-13-29-23(8-10-33(53)54)17(2)26(43-29)12-30-34(20(5)49)19(4)37(45-30)36(39(55)31(15-48)46-40(56)24(41)14-47)38-35(21(6)50)18(3)27(44-38)11-25(16)42-28/h11-13,20-21,24,31,42-45,47-50H,7-10,14-15,41H2,1-6H3,(H,46,56)(H,51,52)(H,53,54)/t20?,21?,24-,31-/m0/s1. The van der Waals surface area contributed by atoms with Crippen LogP contribution in [-0.2, 0) is 32.0 Å². The summed E-state index contributed by atoms with van der Waals surface area (Å²) < 4.78 is 0. The first-order valence-electron chi connectivity index (χ1n) is 18.3. The number of nitrogens with two attached hydrogens (primary N) is 1. The molecule has 1 aliphatic rings. The zero-order chi connectivity index (χ0) is 41.3. The van der Waals surface area contributed by atoms with E-state index >= 15 is 0 Å². The first-order valence-corrected chi connectivity index (χ1v) is 18.3. The number of aliphatic carboxylic acids is 2. The Morgan fingerprint density at radius 2 is 1.25 bits per heavy atom. The number of aliphatic hydroxyl groups excluding tert-OH is 4. The summed E-state index contributed by atoms with van der Waals surface area (Å²) in [6.45, 7) is 8.67. The van der Waals surface area contributed by atoms with Crippen molar-refractivity contribution in [3.63, 3.8) is 0 Å². The molecule has 0 aliphatic carbocycles. The molecule has 0 radical (unpaired) electrons. The fraction of sp³-hybridized carbons (Fsp3) is 0.400. The molecule has 4 atom stereocenters. The third-order valence-corrected chi connectivity index (χ3v) is 10.5. The van der Waals surface area contributed by atoms with Crippen LogP contribution in [0, 0.1) is 27.7 Å². The Kier molecular flexibility index (Phi) is 12.4. The Bertz CT molecular complexity index is 2460. The molecule has 8 bridgehead atoms. The third kappa shape index (κ3) is 8.06. The van der Waals surface area contributed by atoms with Crippen molar-refractivity contribution in [1.82, 2.24) is 25.3 Å². The summed E-state index contributed by atoms with van der Waals surface area (Å²) in [5.74, 6) is -3.63. The molecule has 5 heterocycles. The summed E-state index contributed by atoms with van der Waals surface area (Å²) in [6.07, 6.45) is 3.16. The number of carbonyl (C=O) groups excluding carboxylic acids is 2. The minimum Gasteiger partial charge on any atom is -0.481 e. The van der Waals surface area contributed by atoms with Crippen LogP contribution in [0.1, 0.15) is 106 Å². The minimum absolute atomic E-state index is 0.0582. The van der Waals surface area contributed by atoms with Gasteiger partial charge in [0.25, 0.3) is 0 Å². The maximum atomic E-state index is 14.8. The molecule has 56 heavy (non-hydrogen) atoms. The number of carboxylic acid groups (broad SMARTS) is 2.